The first kappa shape index (κ1) is 27.9. The van der Waals surface area contributed by atoms with Crippen molar-refractivity contribution >= 4 is 34.4 Å². The van der Waals surface area contributed by atoms with Crippen molar-refractivity contribution in [2.75, 3.05) is 11.1 Å². The van der Waals surface area contributed by atoms with Crippen molar-refractivity contribution < 1.29 is 19.4 Å². The van der Waals surface area contributed by atoms with Crippen molar-refractivity contribution in [1.82, 2.24) is 30.2 Å². The Labute approximate surface area is 246 Å². The number of aromatic nitrogens is 6. The number of nitrogens with one attached hydrogen (secondary N) is 1. The van der Waals surface area contributed by atoms with Crippen LogP contribution in [0.5, 0.6) is 0 Å². The average molecular weight is 584 g/mol. The fraction of sp³-hybridized carbons (Fsp3) is 0.267. The number of aryl methyl sites for hydroxylation is 1. The maximum absolute atomic E-state index is 13.0. The molecule has 4 atom stereocenters. The molecule has 42 heavy (non-hydrogen) atoms. The molecule has 0 bridgehead atoms. The van der Waals surface area contributed by atoms with Gasteiger partial charge in [0.2, 0.25) is 5.16 Å². The number of thioether (sulfide) groups is 1. The fourth-order valence-electron chi connectivity index (χ4n) is 4.83. The summed E-state index contributed by atoms with van der Waals surface area (Å²) in [6.45, 7) is 2.07. The fourth-order valence-corrected chi connectivity index (χ4v) is 5.85. The van der Waals surface area contributed by atoms with Crippen LogP contribution < -0.4 is 5.32 Å². The Balaban J connectivity index is 1.24. The third kappa shape index (κ3) is 6.02. The van der Waals surface area contributed by atoms with Crippen molar-refractivity contribution in [2.45, 2.75) is 37.2 Å². The minimum atomic E-state index is -0.691. The van der Waals surface area contributed by atoms with Gasteiger partial charge in [0, 0.05) is 30.0 Å². The SMILES string of the molecule is CC1C(CSc2nnnn2C)OC(c2cccc(NC(=O)c3cnc4ccccc4n3)c2)OC1c1ccc(CO)cc1. The average Bonchev–Trinajstić information content (AvgIpc) is 3.44. The summed E-state index contributed by atoms with van der Waals surface area (Å²) in [6, 6.07) is 22.6. The molecule has 2 N–H and O–H groups in total. The van der Waals surface area contributed by atoms with E-state index in [1.54, 1.807) is 17.8 Å². The van der Waals surface area contributed by atoms with Crippen molar-refractivity contribution in [2.24, 2.45) is 13.0 Å². The summed E-state index contributed by atoms with van der Waals surface area (Å²) in [5.74, 6) is 0.250. The zero-order valence-corrected chi connectivity index (χ0v) is 23.8. The first-order valence-corrected chi connectivity index (χ1v) is 14.5. The Hall–Kier alpha value is -4.23. The first-order chi connectivity index (χ1) is 20.5. The van der Waals surface area contributed by atoms with Gasteiger partial charge in [0.25, 0.3) is 5.91 Å². The van der Waals surface area contributed by atoms with E-state index in [-0.39, 0.29) is 36.3 Å². The van der Waals surface area contributed by atoms with E-state index in [4.69, 9.17) is 9.47 Å². The number of hydrogen-bond donors (Lipinski definition) is 2. The summed E-state index contributed by atoms with van der Waals surface area (Å²) >= 11 is 1.52. The number of carbonyl (C=O) groups excluding carboxylic acids is 1. The van der Waals surface area contributed by atoms with Gasteiger partial charge in [0.05, 0.1) is 36.0 Å². The number of ether oxygens (including phenoxy) is 2. The van der Waals surface area contributed by atoms with Gasteiger partial charge in [-0.1, -0.05) is 67.2 Å². The van der Waals surface area contributed by atoms with Crippen LogP contribution in [0.4, 0.5) is 5.69 Å². The predicted octanol–water partition coefficient (Wildman–Crippen LogP) is 4.48. The van der Waals surface area contributed by atoms with Gasteiger partial charge in [-0.3, -0.25) is 9.78 Å². The predicted molar refractivity (Wildman–Crippen MR) is 156 cm³/mol. The number of amides is 1. The highest BCUT2D eigenvalue weighted by Crippen LogP contribution is 2.43. The number of aliphatic hydroxyl groups is 1. The highest BCUT2D eigenvalue weighted by atomic mass is 32.2. The lowest BCUT2D eigenvalue weighted by Crippen LogP contribution is -2.38. The van der Waals surface area contributed by atoms with Crippen LogP contribution >= 0.6 is 11.8 Å². The minimum Gasteiger partial charge on any atom is -0.392 e. The summed E-state index contributed by atoms with van der Waals surface area (Å²) in [4.78, 5) is 21.8. The van der Waals surface area contributed by atoms with Crippen LogP contribution in [0.3, 0.4) is 0 Å². The molecule has 1 amide bonds. The molecule has 3 aromatic carbocycles. The van der Waals surface area contributed by atoms with Gasteiger partial charge in [-0.25, -0.2) is 9.67 Å². The van der Waals surface area contributed by atoms with E-state index in [1.807, 2.05) is 66.7 Å². The summed E-state index contributed by atoms with van der Waals surface area (Å²) in [5.41, 5.74) is 4.76. The maximum atomic E-state index is 13.0. The Morgan fingerprint density at radius 1 is 1.02 bits per heavy atom. The lowest BCUT2D eigenvalue weighted by atomic mass is 9.91. The highest BCUT2D eigenvalue weighted by molar-refractivity contribution is 7.99. The van der Waals surface area contributed by atoms with Gasteiger partial charge < -0.3 is 19.9 Å². The minimum absolute atomic E-state index is 0.00396. The van der Waals surface area contributed by atoms with Gasteiger partial charge in [-0.15, -0.1) is 5.10 Å². The molecule has 3 heterocycles. The molecule has 6 rings (SSSR count). The van der Waals surface area contributed by atoms with Crippen LogP contribution in [0.2, 0.25) is 0 Å². The third-order valence-electron chi connectivity index (χ3n) is 7.18. The Morgan fingerprint density at radius 3 is 2.60 bits per heavy atom. The number of nitrogens with zero attached hydrogens (tertiary/aromatic N) is 6. The van der Waals surface area contributed by atoms with Gasteiger partial charge in [0.1, 0.15) is 5.69 Å². The second-order valence-corrected chi connectivity index (χ2v) is 11.0. The number of hydrogen-bond acceptors (Lipinski definition) is 10. The lowest BCUT2D eigenvalue weighted by molar-refractivity contribution is -0.268. The van der Waals surface area contributed by atoms with Crippen molar-refractivity contribution in [3.8, 4) is 0 Å². The molecule has 2 aromatic heterocycles. The molecule has 214 valence electrons. The molecule has 0 radical (unpaired) electrons. The second-order valence-electron chi connectivity index (χ2n) is 10.0. The van der Waals surface area contributed by atoms with E-state index in [1.165, 1.54) is 18.0 Å². The number of aliphatic hydroxyl groups excluding tert-OH is 1. The smallest absolute Gasteiger partial charge is 0.275 e. The Bertz CT molecular complexity index is 1700. The van der Waals surface area contributed by atoms with Crippen LogP contribution in [0.1, 0.15) is 46.5 Å². The first-order valence-electron chi connectivity index (χ1n) is 13.5. The molecule has 0 aliphatic carbocycles. The zero-order valence-electron chi connectivity index (χ0n) is 23.0. The molecule has 1 aliphatic rings. The third-order valence-corrected chi connectivity index (χ3v) is 8.28. The van der Waals surface area contributed by atoms with Crippen LogP contribution in [0, 0.1) is 5.92 Å². The van der Waals surface area contributed by atoms with Crippen molar-refractivity contribution in [1.29, 1.82) is 0 Å². The van der Waals surface area contributed by atoms with Gasteiger partial charge in [-0.2, -0.15) is 0 Å². The zero-order chi connectivity index (χ0) is 29.1. The number of para-hydroxylation sites is 2. The van der Waals surface area contributed by atoms with E-state index < -0.39 is 6.29 Å². The topological polar surface area (TPSA) is 137 Å². The Kier molecular flexibility index (Phi) is 8.20. The number of benzene rings is 3. The van der Waals surface area contributed by atoms with Crippen LogP contribution in [0.25, 0.3) is 11.0 Å². The largest absolute Gasteiger partial charge is 0.392 e. The van der Waals surface area contributed by atoms with Gasteiger partial charge in [-0.05, 0) is 45.8 Å². The number of rotatable bonds is 8. The van der Waals surface area contributed by atoms with E-state index in [2.05, 4.69) is 37.7 Å². The molecule has 12 heteroatoms. The molecule has 5 aromatic rings. The molecular weight excluding hydrogens is 554 g/mol. The van der Waals surface area contributed by atoms with Crippen LogP contribution in [-0.2, 0) is 23.1 Å². The van der Waals surface area contributed by atoms with Crippen molar-refractivity contribution in [3.63, 3.8) is 0 Å². The van der Waals surface area contributed by atoms with E-state index >= 15 is 0 Å². The van der Waals surface area contributed by atoms with Crippen LogP contribution in [0.15, 0.2) is 84.1 Å². The molecule has 1 fully saturated rings. The molecule has 1 saturated heterocycles. The lowest BCUT2D eigenvalue weighted by Gasteiger charge is -2.41. The molecule has 1 aliphatic heterocycles. The van der Waals surface area contributed by atoms with Crippen molar-refractivity contribution in [3.05, 3.63) is 101 Å². The molecule has 4 unspecified atom stereocenters. The van der Waals surface area contributed by atoms with E-state index in [0.29, 0.717) is 22.1 Å². The standard InChI is InChI=1S/C30H29N7O4S/c1-18-26(17-42-30-34-35-36-37(30)2)40-29(41-27(18)20-12-10-19(16-38)11-13-20)21-6-5-7-22(14-21)32-28(39)25-15-31-23-8-3-4-9-24(23)33-25/h3-15,18,26-27,29,38H,16-17H2,1-2H3,(H,32,39). The summed E-state index contributed by atoms with van der Waals surface area (Å²) in [6.07, 6.45) is 0.312. The normalized spacial score (nSPS) is 20.5. The molecule has 0 saturated carbocycles. The summed E-state index contributed by atoms with van der Waals surface area (Å²) in [7, 11) is 1.80. The molecule has 0 spiro atoms. The number of anilines is 1. The second kappa shape index (κ2) is 12.3. The summed E-state index contributed by atoms with van der Waals surface area (Å²) in [5, 5.41) is 24.9. The van der Waals surface area contributed by atoms with Gasteiger partial charge >= 0.3 is 0 Å². The number of carbonyl (C=O) groups is 1. The number of fused-ring (bicyclic) bond motifs is 1. The monoisotopic (exact) mass is 583 g/mol. The van der Waals surface area contributed by atoms with E-state index in [9.17, 15) is 9.90 Å². The highest BCUT2D eigenvalue weighted by Gasteiger charge is 2.38. The van der Waals surface area contributed by atoms with Crippen LogP contribution in [-0.4, -0.2) is 53.0 Å². The van der Waals surface area contributed by atoms with Gasteiger partial charge in [0.15, 0.2) is 6.29 Å². The quantitative estimate of drug-likeness (QED) is 0.252. The Morgan fingerprint density at radius 2 is 1.83 bits per heavy atom. The molecular formula is C30H29N7O4S. The van der Waals surface area contributed by atoms with E-state index in [0.717, 1.165) is 22.2 Å². The molecule has 11 nitrogen and oxygen atoms in total. The number of tetrazole rings is 1. The maximum Gasteiger partial charge on any atom is 0.275 e. The summed E-state index contributed by atoms with van der Waals surface area (Å²) < 4.78 is 14.7.